The first-order chi connectivity index (χ1) is 13.6. The molecule has 3 rings (SSSR count). The van der Waals surface area contributed by atoms with Crippen LogP contribution in [0.2, 0.25) is 0 Å². The average molecular weight is 393 g/mol. The number of hydrogen-bond acceptors (Lipinski definition) is 6. The first-order valence-electron chi connectivity index (χ1n) is 8.69. The van der Waals surface area contributed by atoms with Crippen LogP contribution in [-0.4, -0.2) is 41.8 Å². The summed E-state index contributed by atoms with van der Waals surface area (Å²) < 4.78 is 0. The molecule has 0 saturated carbocycles. The molecule has 0 aliphatic carbocycles. The molecule has 142 valence electrons. The van der Waals surface area contributed by atoms with Gasteiger partial charge in [0.1, 0.15) is 5.70 Å². The van der Waals surface area contributed by atoms with Gasteiger partial charge in [-0.1, -0.05) is 24.3 Å². The molecular formula is C20H19N5O2S. The number of benzene rings is 1. The number of anilines is 1. The van der Waals surface area contributed by atoms with E-state index in [1.165, 1.54) is 11.3 Å². The predicted octanol–water partition coefficient (Wildman–Crippen LogP) is 2.51. The van der Waals surface area contributed by atoms with E-state index in [-0.39, 0.29) is 18.4 Å². The molecule has 0 saturated heterocycles. The van der Waals surface area contributed by atoms with Gasteiger partial charge in [0.05, 0.1) is 23.9 Å². The highest BCUT2D eigenvalue weighted by atomic mass is 32.1. The zero-order valence-corrected chi connectivity index (χ0v) is 16.1. The lowest BCUT2D eigenvalue weighted by molar-refractivity contribution is -0.122. The van der Waals surface area contributed by atoms with Gasteiger partial charge in [-0.25, -0.2) is 4.98 Å². The van der Waals surface area contributed by atoms with Crippen molar-refractivity contribution in [2.75, 3.05) is 25.5 Å². The summed E-state index contributed by atoms with van der Waals surface area (Å²) >= 11 is 1.28. The predicted molar refractivity (Wildman–Crippen MR) is 108 cm³/mol. The fourth-order valence-corrected chi connectivity index (χ4v) is 3.38. The molecule has 0 spiro atoms. The summed E-state index contributed by atoms with van der Waals surface area (Å²) in [6.45, 7) is 0.601. The molecule has 2 heterocycles. The maximum absolute atomic E-state index is 12.3. The molecule has 28 heavy (non-hydrogen) atoms. The van der Waals surface area contributed by atoms with Crippen molar-refractivity contribution < 1.29 is 9.59 Å². The van der Waals surface area contributed by atoms with E-state index in [9.17, 15) is 9.59 Å². The summed E-state index contributed by atoms with van der Waals surface area (Å²) in [5.41, 5.74) is 2.56. The van der Waals surface area contributed by atoms with E-state index in [0.717, 1.165) is 18.5 Å². The van der Waals surface area contributed by atoms with Crippen LogP contribution in [-0.2, 0) is 9.59 Å². The summed E-state index contributed by atoms with van der Waals surface area (Å²) in [7, 11) is 1.84. The van der Waals surface area contributed by atoms with Crippen molar-refractivity contribution in [3.05, 3.63) is 59.1 Å². The Hall–Kier alpha value is -3.44. The van der Waals surface area contributed by atoms with Crippen LogP contribution in [0.5, 0.6) is 0 Å². The van der Waals surface area contributed by atoms with Crippen LogP contribution in [0.3, 0.4) is 0 Å². The summed E-state index contributed by atoms with van der Waals surface area (Å²) in [6.07, 6.45) is 6.45. The molecule has 1 aliphatic heterocycles. The minimum absolute atomic E-state index is 0.146. The third-order valence-corrected chi connectivity index (χ3v) is 4.87. The third kappa shape index (κ3) is 4.84. The smallest absolute Gasteiger partial charge is 0.267 e. The Morgan fingerprint density at radius 3 is 3.07 bits per heavy atom. The van der Waals surface area contributed by atoms with Gasteiger partial charge in [0.25, 0.3) is 5.91 Å². The molecule has 0 radical (unpaired) electrons. The van der Waals surface area contributed by atoms with Crippen LogP contribution in [0.15, 0.2) is 53.6 Å². The van der Waals surface area contributed by atoms with Gasteiger partial charge in [-0.05, 0) is 24.6 Å². The Labute approximate surface area is 167 Å². The summed E-state index contributed by atoms with van der Waals surface area (Å²) in [5.74, 6) is -0.648. The number of thiazole rings is 1. The zero-order chi connectivity index (χ0) is 19.9. The number of nitriles is 1. The fourth-order valence-electron chi connectivity index (χ4n) is 2.65. The second-order valence-electron chi connectivity index (χ2n) is 6.15. The van der Waals surface area contributed by atoms with E-state index in [1.807, 2.05) is 35.5 Å². The molecule has 2 aromatic rings. The molecule has 8 heteroatoms. The van der Waals surface area contributed by atoms with E-state index >= 15 is 0 Å². The van der Waals surface area contributed by atoms with Crippen LogP contribution >= 0.6 is 11.3 Å². The van der Waals surface area contributed by atoms with Crippen LogP contribution in [0.4, 0.5) is 5.13 Å². The fraction of sp³-hybridized carbons (Fsp3) is 0.200. The normalized spacial score (nSPS) is 13.3. The van der Waals surface area contributed by atoms with Crippen LogP contribution in [0, 0.1) is 11.3 Å². The summed E-state index contributed by atoms with van der Waals surface area (Å²) in [4.78, 5) is 30.7. The molecule has 2 amide bonds. The maximum Gasteiger partial charge on any atom is 0.267 e. The molecule has 0 fully saturated rings. The van der Waals surface area contributed by atoms with E-state index < -0.39 is 0 Å². The number of aromatic nitrogens is 1. The van der Waals surface area contributed by atoms with Gasteiger partial charge in [0.2, 0.25) is 5.91 Å². The lowest BCUT2D eigenvalue weighted by atomic mass is 10.1. The highest BCUT2D eigenvalue weighted by Crippen LogP contribution is 2.25. The van der Waals surface area contributed by atoms with Crippen molar-refractivity contribution >= 4 is 28.3 Å². The molecule has 1 aromatic carbocycles. The Morgan fingerprint density at radius 2 is 2.25 bits per heavy atom. The number of allylic oxidation sites excluding steroid dienone is 2. The highest BCUT2D eigenvalue weighted by molar-refractivity contribution is 7.14. The molecule has 7 nitrogen and oxygen atoms in total. The Bertz CT molecular complexity index is 986. The second-order valence-corrected chi connectivity index (χ2v) is 7.01. The number of hydrogen-bond donors (Lipinski definition) is 2. The quantitative estimate of drug-likeness (QED) is 0.813. The first-order valence-corrected chi connectivity index (χ1v) is 9.57. The minimum Gasteiger partial charge on any atom is -0.370 e. The number of carbonyl (C=O) groups excluding carboxylic acids is 2. The van der Waals surface area contributed by atoms with E-state index in [0.29, 0.717) is 22.1 Å². The molecule has 1 aromatic heterocycles. The van der Waals surface area contributed by atoms with Gasteiger partial charge in [-0.2, -0.15) is 5.26 Å². The van der Waals surface area contributed by atoms with Gasteiger partial charge < -0.3 is 15.5 Å². The largest absolute Gasteiger partial charge is 0.370 e. The molecule has 1 aliphatic rings. The molecule has 0 bridgehead atoms. The first kappa shape index (κ1) is 19.3. The molecule has 0 atom stereocenters. The van der Waals surface area contributed by atoms with Gasteiger partial charge >= 0.3 is 0 Å². The third-order valence-electron chi connectivity index (χ3n) is 4.11. The van der Waals surface area contributed by atoms with Gasteiger partial charge in [0, 0.05) is 24.5 Å². The van der Waals surface area contributed by atoms with E-state index in [1.54, 1.807) is 24.3 Å². The Kier molecular flexibility index (Phi) is 6.19. The maximum atomic E-state index is 12.3. The molecule has 2 N–H and O–H groups in total. The minimum atomic E-state index is -0.354. The van der Waals surface area contributed by atoms with Crippen molar-refractivity contribution in [2.45, 2.75) is 6.42 Å². The summed E-state index contributed by atoms with van der Waals surface area (Å²) in [5, 5.41) is 16.6. The van der Waals surface area contributed by atoms with Crippen LogP contribution in [0.25, 0.3) is 11.3 Å². The van der Waals surface area contributed by atoms with Gasteiger partial charge in [0.15, 0.2) is 5.13 Å². The Balaban J connectivity index is 1.56. The lowest BCUT2D eigenvalue weighted by Crippen LogP contribution is -2.37. The van der Waals surface area contributed by atoms with Crippen molar-refractivity contribution in [1.82, 2.24) is 15.2 Å². The van der Waals surface area contributed by atoms with Gasteiger partial charge in [-0.3, -0.25) is 9.59 Å². The van der Waals surface area contributed by atoms with Crippen molar-refractivity contribution in [1.29, 1.82) is 5.26 Å². The van der Waals surface area contributed by atoms with Crippen LogP contribution < -0.4 is 10.6 Å². The number of carbonyl (C=O) groups is 2. The average Bonchev–Trinajstić information content (AvgIpc) is 3.06. The van der Waals surface area contributed by atoms with E-state index in [2.05, 4.69) is 21.7 Å². The van der Waals surface area contributed by atoms with Crippen LogP contribution in [0.1, 0.15) is 12.0 Å². The Morgan fingerprint density at radius 1 is 1.39 bits per heavy atom. The molecular weight excluding hydrogens is 374 g/mol. The standard InChI is InChI=1S/C20H19N5O2S/c1-25-9-4-2-3-8-17(25)19(27)22-12-18(26)24-20-23-16(13-28-20)15-7-5-6-14(10-15)11-21/h2-3,5-8,10,13H,4,9,12H2,1H3,(H,22,27)(H,23,24,26). The second kappa shape index (κ2) is 8.97. The number of likely N-dealkylation sites (N-methyl/N-ethyl adjacent to an activating group) is 1. The van der Waals surface area contributed by atoms with Crippen molar-refractivity contribution in [3.8, 4) is 17.3 Å². The monoisotopic (exact) mass is 393 g/mol. The summed E-state index contributed by atoms with van der Waals surface area (Å²) in [6, 6.07) is 9.20. The molecule has 0 unspecified atom stereocenters. The topological polar surface area (TPSA) is 98.1 Å². The van der Waals surface area contributed by atoms with Crippen molar-refractivity contribution in [2.24, 2.45) is 0 Å². The lowest BCUT2D eigenvalue weighted by Gasteiger charge is -2.19. The van der Waals surface area contributed by atoms with Crippen molar-refractivity contribution in [3.63, 3.8) is 0 Å². The highest BCUT2D eigenvalue weighted by Gasteiger charge is 2.16. The van der Waals surface area contributed by atoms with Gasteiger partial charge in [-0.15, -0.1) is 11.3 Å². The number of amides is 2. The van der Waals surface area contributed by atoms with E-state index in [4.69, 9.17) is 5.26 Å². The zero-order valence-electron chi connectivity index (χ0n) is 15.3. The SMILES string of the molecule is CN1CCC=CC=C1C(=O)NCC(=O)Nc1nc(-c2cccc(C#N)c2)cs1. The number of nitrogens with one attached hydrogen (secondary N) is 2. The number of nitrogens with zero attached hydrogens (tertiary/aromatic N) is 3. The number of rotatable bonds is 5.